The van der Waals surface area contributed by atoms with Gasteiger partial charge in [0.05, 0.1) is 0 Å². The van der Waals surface area contributed by atoms with Gasteiger partial charge in [-0.25, -0.2) is 0 Å². The zero-order valence-electron chi connectivity index (χ0n) is 11.6. The highest BCUT2D eigenvalue weighted by molar-refractivity contribution is 5.31. The van der Waals surface area contributed by atoms with Crippen molar-refractivity contribution in [2.75, 3.05) is 24.5 Å². The van der Waals surface area contributed by atoms with E-state index in [9.17, 15) is 0 Å². The predicted octanol–water partition coefficient (Wildman–Crippen LogP) is 1.51. The number of nitrogens with one attached hydrogen (secondary N) is 2. The quantitative estimate of drug-likeness (QED) is 0.847. The van der Waals surface area contributed by atoms with E-state index in [-0.39, 0.29) is 0 Å². The van der Waals surface area contributed by atoms with Crippen LogP contribution in [-0.4, -0.2) is 40.9 Å². The van der Waals surface area contributed by atoms with Crippen LogP contribution in [0, 0.1) is 11.8 Å². The van der Waals surface area contributed by atoms with Gasteiger partial charge in [0.2, 0.25) is 5.95 Å². The van der Waals surface area contributed by atoms with Crippen molar-refractivity contribution < 1.29 is 0 Å². The average molecular weight is 261 g/mol. The molecule has 2 aliphatic carbocycles. The molecule has 1 aromatic heterocycles. The first-order valence-electron chi connectivity index (χ1n) is 7.70. The minimum atomic E-state index is 0.526. The van der Waals surface area contributed by atoms with Crippen LogP contribution in [0.3, 0.4) is 0 Å². The van der Waals surface area contributed by atoms with Crippen LogP contribution in [0.1, 0.15) is 44.3 Å². The molecule has 0 spiro atoms. The highest BCUT2D eigenvalue weighted by Crippen LogP contribution is 2.52. The molecule has 5 nitrogen and oxygen atoms in total. The van der Waals surface area contributed by atoms with E-state index in [0.717, 1.165) is 43.2 Å². The van der Waals surface area contributed by atoms with Gasteiger partial charge in [0.25, 0.3) is 0 Å². The summed E-state index contributed by atoms with van der Waals surface area (Å²) in [6.45, 7) is 5.27. The van der Waals surface area contributed by atoms with E-state index in [0.29, 0.717) is 12.0 Å². The highest BCUT2D eigenvalue weighted by Gasteiger charge is 2.41. The number of piperazine rings is 1. The summed E-state index contributed by atoms with van der Waals surface area (Å²) >= 11 is 0. The van der Waals surface area contributed by atoms with Crippen LogP contribution in [0.25, 0.3) is 0 Å². The van der Waals surface area contributed by atoms with Gasteiger partial charge in [0, 0.05) is 31.6 Å². The van der Waals surface area contributed by atoms with Crippen LogP contribution in [0.5, 0.6) is 0 Å². The third-order valence-electron chi connectivity index (χ3n) is 5.23. The molecule has 2 saturated carbocycles. The topological polar surface area (TPSA) is 56.8 Å². The van der Waals surface area contributed by atoms with Crippen LogP contribution < -0.4 is 10.2 Å². The molecule has 0 radical (unpaired) electrons. The number of hydrogen-bond acceptors (Lipinski definition) is 4. The Kier molecular flexibility index (Phi) is 2.76. The molecular formula is C14H23N5. The van der Waals surface area contributed by atoms with Gasteiger partial charge in [-0.3, -0.25) is 5.10 Å². The van der Waals surface area contributed by atoms with Crippen molar-refractivity contribution in [1.82, 2.24) is 20.5 Å². The molecule has 104 valence electrons. The zero-order valence-corrected chi connectivity index (χ0v) is 11.6. The SMILES string of the molecule is CC1CN(c2n[nH]c(C3CC4CCC3C4)n2)CCN1. The number of H-pyrrole nitrogens is 1. The largest absolute Gasteiger partial charge is 0.337 e. The number of hydrogen-bond donors (Lipinski definition) is 2. The maximum absolute atomic E-state index is 4.80. The molecule has 0 aromatic carbocycles. The molecule has 0 amide bonds. The molecule has 1 aliphatic heterocycles. The summed E-state index contributed by atoms with van der Waals surface area (Å²) in [5.74, 6) is 4.54. The molecule has 2 heterocycles. The fourth-order valence-corrected chi connectivity index (χ4v) is 4.27. The summed E-state index contributed by atoms with van der Waals surface area (Å²) < 4.78 is 0. The van der Waals surface area contributed by atoms with Gasteiger partial charge in [-0.2, -0.15) is 4.98 Å². The van der Waals surface area contributed by atoms with Crippen LogP contribution in [0.2, 0.25) is 0 Å². The second-order valence-corrected chi connectivity index (χ2v) is 6.60. The first-order chi connectivity index (χ1) is 9.29. The van der Waals surface area contributed by atoms with E-state index in [1.807, 2.05) is 0 Å². The Morgan fingerprint density at radius 1 is 1.26 bits per heavy atom. The molecule has 19 heavy (non-hydrogen) atoms. The van der Waals surface area contributed by atoms with Crippen molar-refractivity contribution in [1.29, 1.82) is 0 Å². The first-order valence-corrected chi connectivity index (χ1v) is 7.70. The standard InChI is InChI=1S/C14H23N5/c1-9-8-19(5-4-15-9)14-16-13(17-18-14)12-7-10-2-3-11(12)6-10/h9-12,15H,2-8H2,1H3,(H,16,17,18). The zero-order chi connectivity index (χ0) is 12.8. The van der Waals surface area contributed by atoms with Crippen LogP contribution >= 0.6 is 0 Å². The molecule has 1 aromatic rings. The fourth-order valence-electron chi connectivity index (χ4n) is 4.27. The maximum atomic E-state index is 4.80. The van der Waals surface area contributed by atoms with Crippen LogP contribution in [-0.2, 0) is 0 Å². The number of nitrogens with zero attached hydrogens (tertiary/aromatic N) is 3. The van der Waals surface area contributed by atoms with Gasteiger partial charge < -0.3 is 10.2 Å². The smallest absolute Gasteiger partial charge is 0.244 e. The third kappa shape index (κ3) is 2.04. The van der Waals surface area contributed by atoms with E-state index in [2.05, 4.69) is 27.3 Å². The van der Waals surface area contributed by atoms with E-state index >= 15 is 0 Å². The Hall–Kier alpha value is -1.10. The number of rotatable bonds is 2. The van der Waals surface area contributed by atoms with Crippen molar-refractivity contribution in [2.24, 2.45) is 11.8 Å². The Balaban J connectivity index is 1.50. The molecule has 3 fully saturated rings. The Labute approximate surface area is 114 Å². The molecule has 2 bridgehead atoms. The monoisotopic (exact) mass is 261 g/mol. The third-order valence-corrected chi connectivity index (χ3v) is 5.23. The molecular weight excluding hydrogens is 238 g/mol. The summed E-state index contributed by atoms with van der Waals surface area (Å²) in [5, 5.41) is 11.1. The summed E-state index contributed by atoms with van der Waals surface area (Å²) in [5.41, 5.74) is 0. The number of aromatic amines is 1. The fraction of sp³-hybridized carbons (Fsp3) is 0.857. The Morgan fingerprint density at radius 2 is 2.21 bits per heavy atom. The summed E-state index contributed by atoms with van der Waals surface area (Å²) in [4.78, 5) is 7.10. The maximum Gasteiger partial charge on any atom is 0.244 e. The van der Waals surface area contributed by atoms with Crippen molar-refractivity contribution in [3.8, 4) is 0 Å². The normalized spacial score (nSPS) is 38.1. The highest BCUT2D eigenvalue weighted by atomic mass is 15.4. The number of aromatic nitrogens is 3. The minimum absolute atomic E-state index is 0.526. The lowest BCUT2D eigenvalue weighted by Crippen LogP contribution is -2.49. The predicted molar refractivity (Wildman–Crippen MR) is 74.2 cm³/mol. The second kappa shape index (κ2) is 4.47. The molecule has 5 heteroatoms. The molecule has 1 saturated heterocycles. The Morgan fingerprint density at radius 3 is 2.95 bits per heavy atom. The van der Waals surface area contributed by atoms with E-state index in [1.54, 1.807) is 0 Å². The first kappa shape index (κ1) is 11.7. The van der Waals surface area contributed by atoms with Gasteiger partial charge in [-0.15, -0.1) is 5.10 Å². The van der Waals surface area contributed by atoms with Gasteiger partial charge in [-0.05, 0) is 38.0 Å². The number of fused-ring (bicyclic) bond motifs is 2. The van der Waals surface area contributed by atoms with E-state index in [4.69, 9.17) is 4.98 Å². The number of anilines is 1. The molecule has 4 unspecified atom stereocenters. The molecule has 4 atom stereocenters. The van der Waals surface area contributed by atoms with Crippen molar-refractivity contribution in [3.05, 3.63) is 5.82 Å². The minimum Gasteiger partial charge on any atom is -0.337 e. The lowest BCUT2D eigenvalue weighted by molar-refractivity contribution is 0.406. The summed E-state index contributed by atoms with van der Waals surface area (Å²) in [6, 6.07) is 0.526. The average Bonchev–Trinajstić information content (AvgIpc) is 3.14. The second-order valence-electron chi connectivity index (χ2n) is 6.60. The summed E-state index contributed by atoms with van der Waals surface area (Å²) in [6.07, 6.45) is 5.59. The Bertz CT molecular complexity index is 456. The molecule has 4 rings (SSSR count). The lowest BCUT2D eigenvalue weighted by atomic mass is 9.88. The van der Waals surface area contributed by atoms with Crippen molar-refractivity contribution >= 4 is 5.95 Å². The lowest BCUT2D eigenvalue weighted by Gasteiger charge is -2.30. The molecule has 2 N–H and O–H groups in total. The van der Waals surface area contributed by atoms with Crippen molar-refractivity contribution in [3.63, 3.8) is 0 Å². The molecule has 3 aliphatic rings. The van der Waals surface area contributed by atoms with Crippen LogP contribution in [0.15, 0.2) is 0 Å². The van der Waals surface area contributed by atoms with Gasteiger partial charge in [0.1, 0.15) is 5.82 Å². The van der Waals surface area contributed by atoms with Crippen LogP contribution in [0.4, 0.5) is 5.95 Å². The van der Waals surface area contributed by atoms with E-state index in [1.165, 1.54) is 25.7 Å². The van der Waals surface area contributed by atoms with Crippen molar-refractivity contribution in [2.45, 2.75) is 44.6 Å². The van der Waals surface area contributed by atoms with Gasteiger partial charge in [0.15, 0.2) is 0 Å². The van der Waals surface area contributed by atoms with Gasteiger partial charge in [-0.1, -0.05) is 6.42 Å². The van der Waals surface area contributed by atoms with E-state index < -0.39 is 0 Å². The van der Waals surface area contributed by atoms with Gasteiger partial charge >= 0.3 is 0 Å². The summed E-state index contributed by atoms with van der Waals surface area (Å²) in [7, 11) is 0.